The first-order valence-electron chi connectivity index (χ1n) is 7.50. The SMILES string of the molecule is CS(=O)(=O)CCNCCSc1nnc(C2CC2)n1C1CC1. The van der Waals surface area contributed by atoms with Crippen molar-refractivity contribution in [1.82, 2.24) is 20.1 Å². The fourth-order valence-electron chi connectivity index (χ4n) is 2.28. The van der Waals surface area contributed by atoms with Gasteiger partial charge in [-0.2, -0.15) is 0 Å². The molecule has 1 heterocycles. The van der Waals surface area contributed by atoms with Crippen molar-refractivity contribution in [2.75, 3.05) is 30.9 Å². The van der Waals surface area contributed by atoms with Crippen LogP contribution in [-0.2, 0) is 9.84 Å². The molecule has 8 heteroatoms. The van der Waals surface area contributed by atoms with Crippen LogP contribution in [-0.4, -0.2) is 54.0 Å². The first-order valence-corrected chi connectivity index (χ1v) is 10.6. The third kappa shape index (κ3) is 4.43. The molecule has 0 amide bonds. The lowest BCUT2D eigenvalue weighted by Gasteiger charge is -2.08. The number of aromatic nitrogens is 3. The van der Waals surface area contributed by atoms with Crippen molar-refractivity contribution in [2.24, 2.45) is 0 Å². The Balaban J connectivity index is 1.45. The third-order valence-corrected chi connectivity index (χ3v) is 5.60. The van der Waals surface area contributed by atoms with Crippen molar-refractivity contribution in [3.05, 3.63) is 5.82 Å². The average molecular weight is 330 g/mol. The van der Waals surface area contributed by atoms with E-state index in [2.05, 4.69) is 20.1 Å². The monoisotopic (exact) mass is 330 g/mol. The van der Waals surface area contributed by atoms with E-state index >= 15 is 0 Å². The fourth-order valence-corrected chi connectivity index (χ4v) is 3.70. The molecule has 2 aliphatic carbocycles. The van der Waals surface area contributed by atoms with Crippen molar-refractivity contribution in [1.29, 1.82) is 0 Å². The van der Waals surface area contributed by atoms with E-state index < -0.39 is 9.84 Å². The first kappa shape index (κ1) is 15.3. The van der Waals surface area contributed by atoms with Crippen LogP contribution >= 0.6 is 11.8 Å². The van der Waals surface area contributed by atoms with Gasteiger partial charge < -0.3 is 9.88 Å². The Morgan fingerprint density at radius 1 is 1.24 bits per heavy atom. The number of nitrogens with one attached hydrogen (secondary N) is 1. The lowest BCUT2D eigenvalue weighted by atomic mass is 10.4. The van der Waals surface area contributed by atoms with Gasteiger partial charge in [0.25, 0.3) is 0 Å². The van der Waals surface area contributed by atoms with E-state index in [9.17, 15) is 8.42 Å². The van der Waals surface area contributed by atoms with Gasteiger partial charge in [-0.25, -0.2) is 8.42 Å². The summed E-state index contributed by atoms with van der Waals surface area (Å²) in [5.74, 6) is 2.91. The first-order chi connectivity index (χ1) is 10.0. The maximum absolute atomic E-state index is 11.0. The molecule has 0 saturated heterocycles. The largest absolute Gasteiger partial charge is 0.315 e. The summed E-state index contributed by atoms with van der Waals surface area (Å²) in [4.78, 5) is 0. The van der Waals surface area contributed by atoms with Crippen molar-refractivity contribution < 1.29 is 8.42 Å². The van der Waals surface area contributed by atoms with Crippen LogP contribution in [0.4, 0.5) is 0 Å². The predicted molar refractivity (Wildman–Crippen MR) is 83.6 cm³/mol. The molecule has 21 heavy (non-hydrogen) atoms. The van der Waals surface area contributed by atoms with Crippen LogP contribution in [0, 0.1) is 0 Å². The molecule has 0 unspecified atom stereocenters. The zero-order valence-electron chi connectivity index (χ0n) is 12.3. The molecule has 0 aliphatic heterocycles. The molecule has 1 aromatic rings. The molecule has 0 aromatic carbocycles. The summed E-state index contributed by atoms with van der Waals surface area (Å²) in [5, 5.41) is 12.9. The minimum Gasteiger partial charge on any atom is -0.315 e. The minimum atomic E-state index is -2.87. The second-order valence-corrected chi connectivity index (χ2v) is 9.27. The minimum absolute atomic E-state index is 0.196. The topological polar surface area (TPSA) is 76.9 Å². The van der Waals surface area contributed by atoms with Crippen LogP contribution in [0.2, 0.25) is 0 Å². The number of hydrogen-bond donors (Lipinski definition) is 1. The van der Waals surface area contributed by atoms with Crippen LogP contribution < -0.4 is 5.32 Å². The summed E-state index contributed by atoms with van der Waals surface area (Å²) in [6, 6.07) is 0.622. The third-order valence-electron chi connectivity index (χ3n) is 3.71. The van der Waals surface area contributed by atoms with Crippen molar-refractivity contribution >= 4 is 21.6 Å². The lowest BCUT2D eigenvalue weighted by molar-refractivity contribution is 0.598. The summed E-state index contributed by atoms with van der Waals surface area (Å²) >= 11 is 1.72. The molecule has 3 rings (SSSR count). The Hall–Kier alpha value is -0.600. The summed E-state index contributed by atoms with van der Waals surface area (Å²) in [6.45, 7) is 1.30. The van der Waals surface area contributed by atoms with E-state index in [1.54, 1.807) is 11.8 Å². The molecule has 6 nitrogen and oxygen atoms in total. The van der Waals surface area contributed by atoms with E-state index in [0.29, 0.717) is 18.5 Å². The van der Waals surface area contributed by atoms with Gasteiger partial charge >= 0.3 is 0 Å². The Morgan fingerprint density at radius 3 is 2.62 bits per heavy atom. The Bertz CT molecular complexity index is 591. The second kappa shape index (κ2) is 6.26. The number of thioether (sulfide) groups is 1. The van der Waals surface area contributed by atoms with Crippen molar-refractivity contribution in [3.63, 3.8) is 0 Å². The molecule has 0 bridgehead atoms. The molecule has 1 N–H and O–H groups in total. The number of rotatable bonds is 9. The number of sulfone groups is 1. The van der Waals surface area contributed by atoms with Crippen LogP contribution in [0.1, 0.15) is 43.5 Å². The highest BCUT2D eigenvalue weighted by molar-refractivity contribution is 7.99. The zero-order valence-corrected chi connectivity index (χ0v) is 13.9. The normalized spacial score (nSPS) is 19.1. The summed E-state index contributed by atoms with van der Waals surface area (Å²) < 4.78 is 24.4. The van der Waals surface area contributed by atoms with Gasteiger partial charge in [-0.15, -0.1) is 10.2 Å². The fraction of sp³-hybridized carbons (Fsp3) is 0.846. The maximum Gasteiger partial charge on any atom is 0.191 e. The van der Waals surface area contributed by atoms with Gasteiger partial charge in [0.2, 0.25) is 0 Å². The van der Waals surface area contributed by atoms with E-state index in [-0.39, 0.29) is 5.75 Å². The van der Waals surface area contributed by atoms with Gasteiger partial charge in [-0.3, -0.25) is 0 Å². The van der Waals surface area contributed by atoms with Crippen molar-refractivity contribution in [3.8, 4) is 0 Å². The average Bonchev–Trinajstić information content (AvgIpc) is 3.31. The number of nitrogens with zero attached hydrogens (tertiary/aromatic N) is 3. The Labute approximate surface area is 130 Å². The molecule has 118 valence electrons. The predicted octanol–water partition coefficient (Wildman–Crippen LogP) is 1.22. The zero-order chi connectivity index (χ0) is 14.9. The molecule has 2 fully saturated rings. The highest BCUT2D eigenvalue weighted by Crippen LogP contribution is 2.45. The molecule has 0 spiro atoms. The highest BCUT2D eigenvalue weighted by Gasteiger charge is 2.36. The van der Waals surface area contributed by atoms with Crippen LogP contribution in [0.5, 0.6) is 0 Å². The second-order valence-electron chi connectivity index (χ2n) is 5.94. The van der Waals surface area contributed by atoms with Crippen LogP contribution in [0.3, 0.4) is 0 Å². The molecular weight excluding hydrogens is 308 g/mol. The molecule has 0 atom stereocenters. The van der Waals surface area contributed by atoms with Gasteiger partial charge in [-0.05, 0) is 25.7 Å². The summed E-state index contributed by atoms with van der Waals surface area (Å²) in [5.41, 5.74) is 0. The van der Waals surface area contributed by atoms with E-state index in [4.69, 9.17) is 0 Å². The van der Waals surface area contributed by atoms with Crippen LogP contribution in [0.15, 0.2) is 5.16 Å². The van der Waals surface area contributed by atoms with E-state index in [0.717, 1.165) is 17.5 Å². The quantitative estimate of drug-likeness (QED) is 0.542. The summed E-state index contributed by atoms with van der Waals surface area (Å²) in [7, 11) is -2.87. The van der Waals surface area contributed by atoms with Gasteiger partial charge in [0.15, 0.2) is 5.16 Å². The standard InChI is InChI=1S/C13H22N4O2S2/c1-21(18,19)9-7-14-6-8-20-13-16-15-12(10-2-3-10)17(13)11-4-5-11/h10-11,14H,2-9H2,1H3. The lowest BCUT2D eigenvalue weighted by Crippen LogP contribution is -2.24. The summed E-state index contributed by atoms with van der Waals surface area (Å²) in [6.07, 6.45) is 6.27. The molecule has 2 saturated carbocycles. The van der Waals surface area contributed by atoms with Gasteiger partial charge in [0.1, 0.15) is 15.7 Å². The van der Waals surface area contributed by atoms with E-state index in [1.807, 2.05) is 0 Å². The maximum atomic E-state index is 11.0. The molecular formula is C13H22N4O2S2. The van der Waals surface area contributed by atoms with Gasteiger partial charge in [0, 0.05) is 37.1 Å². The van der Waals surface area contributed by atoms with Gasteiger partial charge in [-0.1, -0.05) is 11.8 Å². The smallest absolute Gasteiger partial charge is 0.191 e. The molecule has 0 radical (unpaired) electrons. The highest BCUT2D eigenvalue weighted by atomic mass is 32.2. The van der Waals surface area contributed by atoms with Gasteiger partial charge in [0.05, 0.1) is 5.75 Å². The van der Waals surface area contributed by atoms with Crippen molar-refractivity contribution in [2.45, 2.75) is 42.8 Å². The Morgan fingerprint density at radius 2 is 2.00 bits per heavy atom. The molecule has 2 aliphatic rings. The Kier molecular flexibility index (Phi) is 4.56. The number of hydrogen-bond acceptors (Lipinski definition) is 6. The van der Waals surface area contributed by atoms with E-state index in [1.165, 1.54) is 37.8 Å². The van der Waals surface area contributed by atoms with Crippen LogP contribution in [0.25, 0.3) is 0 Å². The molecule has 1 aromatic heterocycles.